The summed E-state index contributed by atoms with van der Waals surface area (Å²) in [5.41, 5.74) is 3.74. The molecule has 1 heterocycles. The molecule has 0 atom stereocenters. The molecule has 0 aliphatic rings. The standard InChI is InChI=1S/C21H18ClN3O3/c1-28-19-6-3-14(9-17(19)22)11-25-21-15(4-7-20(26)27)12-24-18-5-2-13(10-23)8-16(18)21/h2-3,5-6,8-9,12H,4,7,11H2,1H3,(H,24,25)(H,26,27). The Hall–Kier alpha value is -3.30. The van der Waals surface area contributed by atoms with Gasteiger partial charge in [-0.2, -0.15) is 5.26 Å². The van der Waals surface area contributed by atoms with Gasteiger partial charge in [0.25, 0.3) is 0 Å². The van der Waals surface area contributed by atoms with Gasteiger partial charge < -0.3 is 15.2 Å². The third-order valence-corrected chi connectivity index (χ3v) is 4.66. The van der Waals surface area contributed by atoms with Gasteiger partial charge in [0.05, 0.1) is 29.3 Å². The fourth-order valence-corrected chi connectivity index (χ4v) is 3.23. The number of carbonyl (C=O) groups is 1. The number of anilines is 1. The highest BCUT2D eigenvalue weighted by molar-refractivity contribution is 6.32. The number of nitriles is 1. The molecule has 3 aromatic rings. The first kappa shape index (κ1) is 19.5. The Morgan fingerprint density at radius 2 is 2.14 bits per heavy atom. The van der Waals surface area contributed by atoms with Crippen LogP contribution >= 0.6 is 11.6 Å². The average Bonchev–Trinajstić information content (AvgIpc) is 2.70. The minimum Gasteiger partial charge on any atom is -0.495 e. The number of hydrogen-bond donors (Lipinski definition) is 2. The molecule has 0 bridgehead atoms. The Labute approximate surface area is 167 Å². The summed E-state index contributed by atoms with van der Waals surface area (Å²) in [4.78, 5) is 15.4. The Kier molecular flexibility index (Phi) is 5.97. The summed E-state index contributed by atoms with van der Waals surface area (Å²) >= 11 is 6.20. The van der Waals surface area contributed by atoms with Crippen LogP contribution in [0.2, 0.25) is 5.02 Å². The summed E-state index contributed by atoms with van der Waals surface area (Å²) in [7, 11) is 1.56. The van der Waals surface area contributed by atoms with Gasteiger partial charge in [-0.1, -0.05) is 17.7 Å². The number of aliphatic carboxylic acids is 1. The van der Waals surface area contributed by atoms with Gasteiger partial charge in [-0.15, -0.1) is 0 Å². The molecule has 1 aromatic heterocycles. The van der Waals surface area contributed by atoms with Crippen molar-refractivity contribution in [2.24, 2.45) is 0 Å². The maximum atomic E-state index is 11.0. The van der Waals surface area contributed by atoms with E-state index >= 15 is 0 Å². The van der Waals surface area contributed by atoms with Crippen LogP contribution in [0, 0.1) is 11.3 Å². The highest BCUT2D eigenvalue weighted by atomic mass is 35.5. The molecule has 6 nitrogen and oxygen atoms in total. The summed E-state index contributed by atoms with van der Waals surface area (Å²) in [6.45, 7) is 0.472. The summed E-state index contributed by atoms with van der Waals surface area (Å²) in [6.07, 6.45) is 2.01. The molecular weight excluding hydrogens is 378 g/mol. The van der Waals surface area contributed by atoms with Gasteiger partial charge in [0.15, 0.2) is 0 Å². The van der Waals surface area contributed by atoms with Gasteiger partial charge in [-0.05, 0) is 47.9 Å². The largest absolute Gasteiger partial charge is 0.495 e. The van der Waals surface area contributed by atoms with Crippen molar-refractivity contribution in [2.45, 2.75) is 19.4 Å². The van der Waals surface area contributed by atoms with Crippen molar-refractivity contribution in [2.75, 3.05) is 12.4 Å². The smallest absolute Gasteiger partial charge is 0.303 e. The van der Waals surface area contributed by atoms with Gasteiger partial charge in [-0.3, -0.25) is 9.78 Å². The van der Waals surface area contributed by atoms with Crippen molar-refractivity contribution >= 4 is 34.2 Å². The maximum absolute atomic E-state index is 11.0. The van der Waals surface area contributed by atoms with E-state index in [-0.39, 0.29) is 6.42 Å². The zero-order valence-corrected chi connectivity index (χ0v) is 16.0. The topological polar surface area (TPSA) is 95.2 Å². The molecule has 0 saturated heterocycles. The number of halogens is 1. The van der Waals surface area contributed by atoms with Crippen molar-refractivity contribution in [1.82, 2.24) is 4.98 Å². The van der Waals surface area contributed by atoms with E-state index in [1.165, 1.54) is 0 Å². The van der Waals surface area contributed by atoms with E-state index in [9.17, 15) is 10.1 Å². The van der Waals surface area contributed by atoms with E-state index < -0.39 is 5.97 Å². The highest BCUT2D eigenvalue weighted by Gasteiger charge is 2.12. The first-order valence-electron chi connectivity index (χ1n) is 8.61. The van der Waals surface area contributed by atoms with E-state index in [0.717, 1.165) is 27.7 Å². The lowest BCUT2D eigenvalue weighted by Crippen LogP contribution is -2.06. The van der Waals surface area contributed by atoms with Crippen LogP contribution in [0.15, 0.2) is 42.6 Å². The van der Waals surface area contributed by atoms with Gasteiger partial charge in [0.1, 0.15) is 5.75 Å². The van der Waals surface area contributed by atoms with Crippen LogP contribution in [-0.2, 0) is 17.8 Å². The molecule has 0 radical (unpaired) electrons. The Balaban J connectivity index is 1.97. The molecule has 142 valence electrons. The van der Waals surface area contributed by atoms with Crippen LogP contribution in [0.4, 0.5) is 5.69 Å². The Bertz CT molecular complexity index is 1080. The third kappa shape index (κ3) is 4.33. The van der Waals surface area contributed by atoms with Crippen LogP contribution < -0.4 is 10.1 Å². The van der Waals surface area contributed by atoms with Gasteiger partial charge in [0, 0.05) is 30.2 Å². The summed E-state index contributed by atoms with van der Waals surface area (Å²) in [5.74, 6) is -0.278. The predicted molar refractivity (Wildman–Crippen MR) is 108 cm³/mol. The molecule has 2 N–H and O–H groups in total. The van der Waals surface area contributed by atoms with Crippen molar-refractivity contribution in [3.63, 3.8) is 0 Å². The second-order valence-electron chi connectivity index (χ2n) is 6.22. The van der Waals surface area contributed by atoms with Gasteiger partial charge in [-0.25, -0.2) is 0 Å². The maximum Gasteiger partial charge on any atom is 0.303 e. The molecule has 0 amide bonds. The van der Waals surface area contributed by atoms with E-state index in [2.05, 4.69) is 16.4 Å². The van der Waals surface area contributed by atoms with Gasteiger partial charge >= 0.3 is 5.97 Å². The Morgan fingerprint density at radius 3 is 2.82 bits per heavy atom. The Morgan fingerprint density at radius 1 is 1.32 bits per heavy atom. The zero-order valence-electron chi connectivity index (χ0n) is 15.2. The number of fused-ring (bicyclic) bond motifs is 1. The van der Waals surface area contributed by atoms with Crippen molar-refractivity contribution in [3.8, 4) is 11.8 Å². The number of ether oxygens (including phenoxy) is 1. The van der Waals surface area contributed by atoms with E-state index in [1.54, 1.807) is 37.6 Å². The summed E-state index contributed by atoms with van der Waals surface area (Å²) in [6, 6.07) is 12.9. The summed E-state index contributed by atoms with van der Waals surface area (Å²) < 4.78 is 5.17. The summed E-state index contributed by atoms with van der Waals surface area (Å²) in [5, 5.41) is 22.9. The molecule has 28 heavy (non-hydrogen) atoms. The van der Waals surface area contributed by atoms with Crippen LogP contribution in [0.25, 0.3) is 10.9 Å². The molecule has 0 spiro atoms. The van der Waals surface area contributed by atoms with Crippen molar-refractivity contribution in [1.29, 1.82) is 5.26 Å². The van der Waals surface area contributed by atoms with E-state index in [1.807, 2.05) is 12.1 Å². The number of methoxy groups -OCH3 is 1. The van der Waals surface area contributed by atoms with E-state index in [0.29, 0.717) is 29.3 Å². The number of nitrogens with one attached hydrogen (secondary N) is 1. The fourth-order valence-electron chi connectivity index (χ4n) is 2.95. The second kappa shape index (κ2) is 8.59. The number of aromatic nitrogens is 1. The van der Waals surface area contributed by atoms with Crippen LogP contribution in [-0.4, -0.2) is 23.2 Å². The molecule has 0 fully saturated rings. The number of aryl methyl sites for hydroxylation is 1. The molecule has 7 heteroatoms. The van der Waals surface area contributed by atoms with Crippen LogP contribution in [0.3, 0.4) is 0 Å². The lowest BCUT2D eigenvalue weighted by Gasteiger charge is -2.15. The molecule has 0 aliphatic carbocycles. The number of benzene rings is 2. The highest BCUT2D eigenvalue weighted by Crippen LogP contribution is 2.30. The molecule has 3 rings (SSSR count). The normalized spacial score (nSPS) is 10.5. The monoisotopic (exact) mass is 395 g/mol. The first-order chi connectivity index (χ1) is 13.5. The molecule has 0 saturated carbocycles. The minimum absolute atomic E-state index is 0.00578. The number of carboxylic acid groups (broad SMARTS) is 1. The molecule has 0 unspecified atom stereocenters. The number of pyridine rings is 1. The van der Waals surface area contributed by atoms with Crippen LogP contribution in [0.1, 0.15) is 23.1 Å². The lowest BCUT2D eigenvalue weighted by atomic mass is 10.0. The quantitative estimate of drug-likeness (QED) is 0.615. The van der Waals surface area contributed by atoms with Gasteiger partial charge in [0.2, 0.25) is 0 Å². The molecule has 2 aromatic carbocycles. The fraction of sp³-hybridized carbons (Fsp3) is 0.190. The number of rotatable bonds is 7. The third-order valence-electron chi connectivity index (χ3n) is 4.37. The number of hydrogen-bond acceptors (Lipinski definition) is 5. The average molecular weight is 396 g/mol. The van der Waals surface area contributed by atoms with Crippen molar-refractivity contribution < 1.29 is 14.6 Å². The van der Waals surface area contributed by atoms with Crippen LogP contribution in [0.5, 0.6) is 5.75 Å². The van der Waals surface area contributed by atoms with Crippen molar-refractivity contribution in [3.05, 3.63) is 64.3 Å². The zero-order chi connectivity index (χ0) is 20.1. The second-order valence-corrected chi connectivity index (χ2v) is 6.63. The number of carboxylic acids is 1. The molecule has 0 aliphatic heterocycles. The SMILES string of the molecule is COc1ccc(CNc2c(CCC(=O)O)cnc3ccc(C#N)cc23)cc1Cl. The minimum atomic E-state index is -0.876. The molecular formula is C21H18ClN3O3. The first-order valence-corrected chi connectivity index (χ1v) is 8.99. The lowest BCUT2D eigenvalue weighted by molar-refractivity contribution is -0.136. The number of nitrogens with zero attached hydrogens (tertiary/aromatic N) is 2. The predicted octanol–water partition coefficient (Wildman–Crippen LogP) is 4.40. The van der Waals surface area contributed by atoms with E-state index in [4.69, 9.17) is 21.4 Å².